The fourth-order valence-corrected chi connectivity index (χ4v) is 2.72. The molecule has 0 aliphatic carbocycles. The Morgan fingerprint density at radius 3 is 2.24 bits per heavy atom. The Balaban J connectivity index is 3.19. The van der Waals surface area contributed by atoms with Crippen LogP contribution in [0.2, 0.25) is 0 Å². The van der Waals surface area contributed by atoms with Gasteiger partial charge in [-0.1, -0.05) is 0 Å². The SMILES string of the molecule is CCOC(=O)c1sc(NCC(=O)O)c(C(=O)OCC)c1C. The van der Waals surface area contributed by atoms with E-state index in [0.29, 0.717) is 5.56 Å². The van der Waals surface area contributed by atoms with E-state index in [1.165, 1.54) is 0 Å². The van der Waals surface area contributed by atoms with Crippen molar-refractivity contribution in [3.8, 4) is 0 Å². The lowest BCUT2D eigenvalue weighted by atomic mass is 10.1. The van der Waals surface area contributed by atoms with Crippen molar-refractivity contribution in [2.24, 2.45) is 0 Å². The summed E-state index contributed by atoms with van der Waals surface area (Å²) in [5.41, 5.74) is 0.593. The lowest BCUT2D eigenvalue weighted by Gasteiger charge is -2.05. The van der Waals surface area contributed by atoms with E-state index in [1.54, 1.807) is 20.8 Å². The minimum absolute atomic E-state index is 0.172. The van der Waals surface area contributed by atoms with E-state index >= 15 is 0 Å². The number of carbonyl (C=O) groups is 3. The van der Waals surface area contributed by atoms with Crippen LogP contribution in [-0.4, -0.2) is 42.8 Å². The van der Waals surface area contributed by atoms with Gasteiger partial charge in [-0.2, -0.15) is 0 Å². The highest BCUT2D eigenvalue weighted by Crippen LogP contribution is 2.34. The first-order valence-electron chi connectivity index (χ1n) is 6.35. The Hall–Kier alpha value is -2.09. The molecule has 2 N–H and O–H groups in total. The molecule has 0 radical (unpaired) electrons. The third-order valence-corrected chi connectivity index (χ3v) is 3.72. The quantitative estimate of drug-likeness (QED) is 0.741. The standard InChI is InChI=1S/C13H17NO6S/c1-4-19-12(17)9-7(3)10(13(18)20-5-2)21-11(9)14-6-8(15)16/h14H,4-6H2,1-3H3,(H,15,16). The summed E-state index contributed by atoms with van der Waals surface area (Å²) in [6.45, 7) is 4.96. The van der Waals surface area contributed by atoms with Crippen LogP contribution in [0.15, 0.2) is 0 Å². The Kier molecular flexibility index (Phi) is 6.16. The zero-order valence-electron chi connectivity index (χ0n) is 12.0. The molecular formula is C13H17NO6S. The van der Waals surface area contributed by atoms with Crippen LogP contribution in [-0.2, 0) is 14.3 Å². The molecule has 0 spiro atoms. The maximum Gasteiger partial charge on any atom is 0.348 e. The van der Waals surface area contributed by atoms with Crippen LogP contribution >= 0.6 is 11.3 Å². The zero-order chi connectivity index (χ0) is 16.0. The van der Waals surface area contributed by atoms with Crippen LogP contribution in [0.25, 0.3) is 0 Å². The van der Waals surface area contributed by atoms with Crippen molar-refractivity contribution in [3.05, 3.63) is 16.0 Å². The first kappa shape index (κ1) is 17.0. The van der Waals surface area contributed by atoms with Gasteiger partial charge in [0.1, 0.15) is 16.4 Å². The Morgan fingerprint density at radius 2 is 1.71 bits per heavy atom. The first-order chi connectivity index (χ1) is 9.92. The number of esters is 2. The molecule has 116 valence electrons. The van der Waals surface area contributed by atoms with Gasteiger partial charge in [0, 0.05) is 0 Å². The fourth-order valence-electron chi connectivity index (χ4n) is 1.63. The normalized spacial score (nSPS) is 10.0. The van der Waals surface area contributed by atoms with E-state index in [4.69, 9.17) is 14.6 Å². The number of thiophene rings is 1. The summed E-state index contributed by atoms with van der Waals surface area (Å²) in [5, 5.41) is 11.6. The Labute approximate surface area is 125 Å². The van der Waals surface area contributed by atoms with Gasteiger partial charge in [0.25, 0.3) is 0 Å². The molecule has 0 saturated heterocycles. The molecule has 0 aliphatic rings. The number of nitrogens with one attached hydrogen (secondary N) is 1. The van der Waals surface area contributed by atoms with Gasteiger partial charge in [-0.3, -0.25) is 4.79 Å². The molecule has 0 atom stereocenters. The van der Waals surface area contributed by atoms with E-state index in [9.17, 15) is 14.4 Å². The summed E-state index contributed by atoms with van der Waals surface area (Å²) in [4.78, 5) is 34.7. The van der Waals surface area contributed by atoms with E-state index in [0.717, 1.165) is 11.3 Å². The van der Waals surface area contributed by atoms with Crippen LogP contribution < -0.4 is 5.32 Å². The minimum Gasteiger partial charge on any atom is -0.480 e. The average molecular weight is 315 g/mol. The zero-order valence-corrected chi connectivity index (χ0v) is 12.8. The largest absolute Gasteiger partial charge is 0.480 e. The highest BCUT2D eigenvalue weighted by molar-refractivity contribution is 7.18. The van der Waals surface area contributed by atoms with Gasteiger partial charge in [0.15, 0.2) is 0 Å². The van der Waals surface area contributed by atoms with Crippen molar-refractivity contribution in [1.82, 2.24) is 0 Å². The molecule has 0 unspecified atom stereocenters. The van der Waals surface area contributed by atoms with Gasteiger partial charge in [-0.25, -0.2) is 9.59 Å². The number of hydrogen-bond donors (Lipinski definition) is 2. The number of hydrogen-bond acceptors (Lipinski definition) is 7. The van der Waals surface area contributed by atoms with Gasteiger partial charge in [-0.05, 0) is 26.3 Å². The van der Waals surface area contributed by atoms with E-state index in [2.05, 4.69) is 5.32 Å². The summed E-state index contributed by atoms with van der Waals surface area (Å²) in [5.74, 6) is -2.22. The Bertz CT molecular complexity index is 551. The van der Waals surface area contributed by atoms with E-state index < -0.39 is 17.9 Å². The van der Waals surface area contributed by atoms with Crippen LogP contribution in [0.4, 0.5) is 5.00 Å². The van der Waals surface area contributed by atoms with Gasteiger partial charge >= 0.3 is 17.9 Å². The first-order valence-corrected chi connectivity index (χ1v) is 7.17. The predicted octanol–water partition coefficient (Wildman–Crippen LogP) is 1.91. The highest BCUT2D eigenvalue weighted by Gasteiger charge is 2.26. The monoisotopic (exact) mass is 315 g/mol. The smallest absolute Gasteiger partial charge is 0.348 e. The molecule has 7 nitrogen and oxygen atoms in total. The number of ether oxygens (including phenoxy) is 2. The van der Waals surface area contributed by atoms with Crippen LogP contribution in [0.5, 0.6) is 0 Å². The number of aliphatic carboxylic acids is 1. The van der Waals surface area contributed by atoms with Crippen molar-refractivity contribution in [1.29, 1.82) is 0 Å². The van der Waals surface area contributed by atoms with Crippen molar-refractivity contribution in [2.75, 3.05) is 25.1 Å². The molecule has 1 heterocycles. The number of carboxylic acids is 1. The molecule has 0 aliphatic heterocycles. The molecule has 0 amide bonds. The third kappa shape index (κ3) is 4.19. The molecule has 0 bridgehead atoms. The van der Waals surface area contributed by atoms with Gasteiger partial charge in [0.05, 0.1) is 18.8 Å². The van der Waals surface area contributed by atoms with Crippen LogP contribution in [0, 0.1) is 6.92 Å². The Morgan fingerprint density at radius 1 is 1.14 bits per heavy atom. The molecule has 0 fully saturated rings. The second-order valence-corrected chi connectivity index (χ2v) is 4.97. The second kappa shape index (κ2) is 7.63. The average Bonchev–Trinajstić information content (AvgIpc) is 2.74. The molecular weight excluding hydrogens is 298 g/mol. The third-order valence-electron chi connectivity index (χ3n) is 2.49. The minimum atomic E-state index is -1.08. The molecule has 0 aromatic carbocycles. The molecule has 1 aromatic heterocycles. The number of carbonyl (C=O) groups excluding carboxylic acids is 2. The van der Waals surface area contributed by atoms with E-state index in [-0.39, 0.29) is 35.2 Å². The summed E-state index contributed by atoms with van der Waals surface area (Å²) in [6, 6.07) is 0. The molecule has 1 aromatic rings. The summed E-state index contributed by atoms with van der Waals surface area (Å²) >= 11 is 0.981. The predicted molar refractivity (Wildman–Crippen MR) is 77.1 cm³/mol. The summed E-state index contributed by atoms with van der Waals surface area (Å²) < 4.78 is 9.86. The lowest BCUT2D eigenvalue weighted by molar-refractivity contribution is -0.134. The second-order valence-electron chi connectivity index (χ2n) is 3.95. The van der Waals surface area contributed by atoms with Crippen molar-refractivity contribution in [3.63, 3.8) is 0 Å². The van der Waals surface area contributed by atoms with Gasteiger partial charge < -0.3 is 19.9 Å². The topological polar surface area (TPSA) is 102 Å². The number of carboxylic acid groups (broad SMARTS) is 1. The van der Waals surface area contributed by atoms with E-state index in [1.807, 2.05) is 0 Å². The van der Waals surface area contributed by atoms with Crippen LogP contribution in [0.1, 0.15) is 39.4 Å². The molecule has 0 saturated carbocycles. The van der Waals surface area contributed by atoms with Gasteiger partial charge in [-0.15, -0.1) is 11.3 Å². The molecule has 8 heteroatoms. The lowest BCUT2D eigenvalue weighted by Crippen LogP contribution is -2.14. The van der Waals surface area contributed by atoms with Gasteiger partial charge in [0.2, 0.25) is 0 Å². The molecule has 1 rings (SSSR count). The highest BCUT2D eigenvalue weighted by atomic mass is 32.1. The molecule has 21 heavy (non-hydrogen) atoms. The fraction of sp³-hybridized carbons (Fsp3) is 0.462. The maximum atomic E-state index is 12.0. The number of rotatable bonds is 7. The maximum absolute atomic E-state index is 12.0. The number of anilines is 1. The van der Waals surface area contributed by atoms with Crippen molar-refractivity contribution < 1.29 is 29.0 Å². The van der Waals surface area contributed by atoms with Crippen molar-refractivity contribution in [2.45, 2.75) is 20.8 Å². The van der Waals surface area contributed by atoms with Crippen LogP contribution in [0.3, 0.4) is 0 Å². The van der Waals surface area contributed by atoms with Crippen molar-refractivity contribution >= 4 is 34.2 Å². The summed E-state index contributed by atoms with van der Waals surface area (Å²) in [7, 11) is 0. The summed E-state index contributed by atoms with van der Waals surface area (Å²) in [6.07, 6.45) is 0.